The predicted octanol–water partition coefficient (Wildman–Crippen LogP) is 2.31. The zero-order chi connectivity index (χ0) is 18.0. The van der Waals surface area contributed by atoms with Crippen LogP contribution in [0.3, 0.4) is 0 Å². The van der Waals surface area contributed by atoms with Crippen LogP contribution in [-0.4, -0.2) is 29.4 Å². The van der Waals surface area contributed by atoms with E-state index in [1.54, 1.807) is 0 Å². The Morgan fingerprint density at radius 2 is 1.74 bits per heavy atom. The van der Waals surface area contributed by atoms with Gasteiger partial charge < -0.3 is 10.6 Å². The molecule has 0 aliphatic rings. The number of nitrogens with two attached hydrogens (primary N) is 1. The van der Waals surface area contributed by atoms with E-state index in [2.05, 4.69) is 0 Å². The van der Waals surface area contributed by atoms with Crippen molar-refractivity contribution in [2.45, 2.75) is 25.6 Å². The molecule has 10 heteroatoms. The third-order valence-corrected chi connectivity index (χ3v) is 3.01. The van der Waals surface area contributed by atoms with Crippen molar-refractivity contribution >= 4 is 11.8 Å². The van der Waals surface area contributed by atoms with E-state index in [0.29, 0.717) is 12.1 Å². The van der Waals surface area contributed by atoms with E-state index in [0.717, 1.165) is 4.90 Å². The van der Waals surface area contributed by atoms with Crippen LogP contribution in [0.25, 0.3) is 0 Å². The van der Waals surface area contributed by atoms with Gasteiger partial charge in [-0.15, -0.1) is 0 Å². The number of carbonyl (C=O) groups excluding carboxylic acids is 2. The molecule has 128 valence electrons. The Bertz CT molecular complexity index is 615. The molecule has 0 saturated carbocycles. The fourth-order valence-electron chi connectivity index (χ4n) is 1.72. The molecule has 4 nitrogen and oxygen atoms in total. The Morgan fingerprint density at radius 1 is 1.17 bits per heavy atom. The fourth-order valence-corrected chi connectivity index (χ4v) is 1.72. The Hall–Kier alpha value is -2.26. The average molecular weight is 342 g/mol. The Balaban J connectivity index is 3.10. The molecule has 0 saturated heterocycles. The van der Waals surface area contributed by atoms with Gasteiger partial charge in [0.15, 0.2) is 0 Å². The normalized spacial score (nSPS) is 12.1. The van der Waals surface area contributed by atoms with Gasteiger partial charge in [0.05, 0.1) is 0 Å². The second kappa shape index (κ2) is 6.47. The van der Waals surface area contributed by atoms with E-state index in [1.807, 2.05) is 0 Å². The number of carbonyl (C=O) groups is 2. The molecule has 1 aromatic rings. The van der Waals surface area contributed by atoms with Crippen LogP contribution in [0.5, 0.6) is 0 Å². The van der Waals surface area contributed by atoms with Crippen molar-refractivity contribution in [1.82, 2.24) is 4.90 Å². The zero-order valence-corrected chi connectivity index (χ0v) is 11.8. The maximum atomic E-state index is 13.8. The van der Waals surface area contributed by atoms with Crippen molar-refractivity contribution in [1.29, 1.82) is 0 Å². The second-order valence-corrected chi connectivity index (χ2v) is 4.56. The largest absolute Gasteiger partial charge is 0.458 e. The van der Waals surface area contributed by atoms with Crippen LogP contribution in [0.15, 0.2) is 18.2 Å². The van der Waals surface area contributed by atoms with Crippen molar-refractivity contribution < 1.29 is 35.9 Å². The zero-order valence-electron chi connectivity index (χ0n) is 11.8. The minimum Gasteiger partial charge on any atom is -0.361 e. The summed E-state index contributed by atoms with van der Waals surface area (Å²) >= 11 is 0. The number of primary amides is 1. The van der Waals surface area contributed by atoms with E-state index >= 15 is 0 Å². The number of hydrogen-bond acceptors (Lipinski definition) is 2. The maximum absolute atomic E-state index is 13.8. The van der Waals surface area contributed by atoms with Crippen molar-refractivity contribution in [2.75, 3.05) is 6.54 Å². The number of nitrogens with zero attached hydrogens (tertiary/aromatic N) is 1. The summed E-state index contributed by atoms with van der Waals surface area (Å²) in [5, 5.41) is 0. The number of likely N-dealkylation sites (N-methyl/N-ethyl adjacent to an activating group) is 1. The van der Waals surface area contributed by atoms with Crippen LogP contribution < -0.4 is 5.73 Å². The highest BCUT2D eigenvalue weighted by molar-refractivity contribution is 6.34. The van der Waals surface area contributed by atoms with E-state index in [9.17, 15) is 35.9 Å². The minimum atomic E-state index is -5.86. The molecule has 0 heterocycles. The molecule has 0 aliphatic heterocycles. The third-order valence-electron chi connectivity index (χ3n) is 3.01. The molecule has 0 bridgehead atoms. The summed E-state index contributed by atoms with van der Waals surface area (Å²) in [5.41, 5.74) is 2.90. The quantitative estimate of drug-likeness (QED) is 0.674. The standard InChI is InChI=1S/C13H12F6N2O2/c1-2-21(11(23)10(20)22)6-7-3-4-8(5-9(7)14)12(15,16)13(17,18)19/h3-5H,2,6H2,1H3,(H2,20,22). The Kier molecular flexibility index (Phi) is 5.28. The molecule has 0 fully saturated rings. The average Bonchev–Trinajstić information content (AvgIpc) is 2.43. The van der Waals surface area contributed by atoms with Gasteiger partial charge in [0, 0.05) is 24.2 Å². The first-order valence-corrected chi connectivity index (χ1v) is 6.24. The van der Waals surface area contributed by atoms with Crippen LogP contribution in [0.2, 0.25) is 0 Å². The number of benzene rings is 1. The van der Waals surface area contributed by atoms with E-state index in [-0.39, 0.29) is 18.2 Å². The summed E-state index contributed by atoms with van der Waals surface area (Å²) in [6.07, 6.45) is -5.86. The molecule has 0 spiro atoms. The summed E-state index contributed by atoms with van der Waals surface area (Å²) in [5.74, 6) is -8.99. The van der Waals surface area contributed by atoms with E-state index in [4.69, 9.17) is 5.73 Å². The lowest BCUT2D eigenvalue weighted by atomic mass is 10.0. The molecule has 0 aliphatic carbocycles. The number of rotatable bonds is 4. The second-order valence-electron chi connectivity index (χ2n) is 4.56. The smallest absolute Gasteiger partial charge is 0.361 e. The summed E-state index contributed by atoms with van der Waals surface area (Å²) in [7, 11) is 0. The highest BCUT2D eigenvalue weighted by Gasteiger charge is 2.58. The third kappa shape index (κ3) is 3.93. The van der Waals surface area contributed by atoms with E-state index < -0.39 is 41.8 Å². The van der Waals surface area contributed by atoms with Gasteiger partial charge in [0.25, 0.3) is 0 Å². The number of alkyl halides is 5. The van der Waals surface area contributed by atoms with E-state index in [1.165, 1.54) is 6.92 Å². The molecular weight excluding hydrogens is 330 g/mol. The van der Waals surface area contributed by atoms with Crippen LogP contribution in [0.4, 0.5) is 26.3 Å². The number of amides is 2. The molecule has 1 aromatic carbocycles. The van der Waals surface area contributed by atoms with Crippen LogP contribution in [0.1, 0.15) is 18.1 Å². The molecule has 1 rings (SSSR count). The lowest BCUT2D eigenvalue weighted by molar-refractivity contribution is -0.289. The highest BCUT2D eigenvalue weighted by Crippen LogP contribution is 2.44. The maximum Gasteiger partial charge on any atom is 0.458 e. The molecule has 2 N–H and O–H groups in total. The SMILES string of the molecule is CCN(Cc1ccc(C(F)(F)C(F)(F)F)cc1F)C(=O)C(N)=O. The van der Waals surface area contributed by atoms with Gasteiger partial charge in [-0.25, -0.2) is 4.39 Å². The summed E-state index contributed by atoms with van der Waals surface area (Å²) in [6.45, 7) is 0.911. The number of halogens is 6. The minimum absolute atomic E-state index is 0.0400. The van der Waals surface area contributed by atoms with Crippen molar-refractivity contribution in [3.8, 4) is 0 Å². The molecular formula is C13H12F6N2O2. The molecule has 23 heavy (non-hydrogen) atoms. The Labute approximate surface area is 126 Å². The van der Waals surface area contributed by atoms with Gasteiger partial charge >= 0.3 is 23.9 Å². The monoisotopic (exact) mass is 342 g/mol. The molecule has 0 radical (unpaired) electrons. The molecule has 0 unspecified atom stereocenters. The van der Waals surface area contributed by atoms with Gasteiger partial charge in [-0.3, -0.25) is 9.59 Å². The lowest BCUT2D eigenvalue weighted by Crippen LogP contribution is -2.40. The number of hydrogen-bond donors (Lipinski definition) is 1. The van der Waals surface area contributed by atoms with Crippen LogP contribution >= 0.6 is 0 Å². The first-order chi connectivity index (χ1) is 10.4. The Morgan fingerprint density at radius 3 is 2.13 bits per heavy atom. The highest BCUT2D eigenvalue weighted by atomic mass is 19.4. The first kappa shape index (κ1) is 18.8. The van der Waals surface area contributed by atoms with Crippen molar-refractivity contribution in [3.63, 3.8) is 0 Å². The van der Waals surface area contributed by atoms with Crippen LogP contribution in [-0.2, 0) is 22.1 Å². The molecule has 0 aromatic heterocycles. The van der Waals surface area contributed by atoms with Gasteiger partial charge in [-0.05, 0) is 13.0 Å². The molecule has 0 atom stereocenters. The fraction of sp³-hybridized carbons (Fsp3) is 0.385. The van der Waals surface area contributed by atoms with Gasteiger partial charge in [0.2, 0.25) is 0 Å². The van der Waals surface area contributed by atoms with Crippen molar-refractivity contribution in [2.24, 2.45) is 5.73 Å². The topological polar surface area (TPSA) is 63.4 Å². The summed E-state index contributed by atoms with van der Waals surface area (Å²) < 4.78 is 76.7. The first-order valence-electron chi connectivity index (χ1n) is 6.24. The van der Waals surface area contributed by atoms with Gasteiger partial charge in [-0.1, -0.05) is 12.1 Å². The van der Waals surface area contributed by atoms with Gasteiger partial charge in [-0.2, -0.15) is 22.0 Å². The van der Waals surface area contributed by atoms with Crippen molar-refractivity contribution in [3.05, 3.63) is 35.1 Å². The van der Waals surface area contributed by atoms with Crippen LogP contribution in [0, 0.1) is 5.82 Å². The lowest BCUT2D eigenvalue weighted by Gasteiger charge is -2.22. The summed E-state index contributed by atoms with van der Waals surface area (Å²) in [4.78, 5) is 23.0. The predicted molar refractivity (Wildman–Crippen MR) is 66.6 cm³/mol. The van der Waals surface area contributed by atoms with Gasteiger partial charge in [0.1, 0.15) is 5.82 Å². The summed E-state index contributed by atoms with van der Waals surface area (Å²) in [6, 6.07) is 1.15. The molecule has 2 amide bonds.